The molecule has 3 unspecified atom stereocenters. The van der Waals surface area contributed by atoms with Crippen molar-refractivity contribution in [3.63, 3.8) is 0 Å². The molecule has 0 radical (unpaired) electrons. The number of carbonyl (C=O) groups excluding carboxylic acids is 2. The van der Waals surface area contributed by atoms with Crippen molar-refractivity contribution in [2.45, 2.75) is 212 Å². The third kappa shape index (κ3) is 47.0. The van der Waals surface area contributed by atoms with Crippen LogP contribution in [0.2, 0.25) is 0 Å². The first-order valence-corrected chi connectivity index (χ1v) is 26.6. The topological polar surface area (TPSA) is 169 Å². The first-order valence-electron chi connectivity index (χ1n) is 25.1. The molecule has 0 bridgehead atoms. The van der Waals surface area contributed by atoms with E-state index in [1.165, 1.54) is 70.6 Å². The number of phosphoric ester groups is 1. The molecule has 372 valence electrons. The number of allylic oxidation sites excluding steroid dienone is 14. The molecule has 0 aromatic heterocycles. The van der Waals surface area contributed by atoms with Gasteiger partial charge in [0, 0.05) is 12.8 Å². The maximum absolute atomic E-state index is 12.4. The van der Waals surface area contributed by atoms with E-state index in [9.17, 15) is 34.1 Å². The number of phosphoric acid groups is 1. The Bertz CT molecular complexity index is 1420. The fourth-order valence-corrected chi connectivity index (χ4v) is 7.32. The van der Waals surface area contributed by atoms with Crippen molar-refractivity contribution in [3.8, 4) is 0 Å². The molecule has 0 saturated carbocycles. The zero-order valence-corrected chi connectivity index (χ0v) is 41.4. The van der Waals surface area contributed by atoms with E-state index >= 15 is 0 Å². The summed E-state index contributed by atoms with van der Waals surface area (Å²) in [5, 5.41) is 21.9. The third-order valence-electron chi connectivity index (χ3n) is 10.4. The lowest BCUT2D eigenvalue weighted by Gasteiger charge is -2.18. The van der Waals surface area contributed by atoms with Crippen LogP contribution in [-0.4, -0.2) is 64.9 Å². The number of nitrogens with one attached hydrogen (secondary N) is 1. The van der Waals surface area contributed by atoms with Gasteiger partial charge in [-0.3, -0.25) is 18.6 Å². The number of carbonyl (C=O) groups is 3. The van der Waals surface area contributed by atoms with E-state index < -0.39 is 57.6 Å². The molecule has 65 heavy (non-hydrogen) atoms. The van der Waals surface area contributed by atoms with Crippen molar-refractivity contribution in [3.05, 3.63) is 85.1 Å². The minimum absolute atomic E-state index is 0.111. The van der Waals surface area contributed by atoms with Crippen LogP contribution in [0, 0.1) is 0 Å². The van der Waals surface area contributed by atoms with Crippen LogP contribution in [0.25, 0.3) is 0 Å². The van der Waals surface area contributed by atoms with E-state index in [4.69, 9.17) is 13.8 Å². The number of esters is 1. The van der Waals surface area contributed by atoms with Crippen LogP contribution < -0.4 is 5.32 Å². The smallest absolute Gasteiger partial charge is 0.472 e. The standard InChI is InChI=1S/C53H90NO10P/c1-3-5-7-9-11-13-15-17-19-21-23-24-25-26-27-28-30-32-34-36-38-40-42-44-51(56)54-50(53(58)59)48-64-65(60,61)63-47-49(55)46-62-52(57)45-43-41-39-37-35-33-31-29-22-20-18-16-14-12-10-8-6-4-2/h5,7,11,13,17,19-20,22-24,26-27,30,32,49-50,55H,3-4,6,8-10,12,14-16,18,21,25,28-29,31,33-48H2,1-2H3,(H,54,56)(H,58,59)(H,60,61)/b7-5-,13-11-,19-17-,22-20-,24-23-,27-26-,32-30-. The summed E-state index contributed by atoms with van der Waals surface area (Å²) in [6.07, 6.45) is 58.8. The number of carboxylic acid groups (broad SMARTS) is 1. The van der Waals surface area contributed by atoms with E-state index in [0.717, 1.165) is 89.9 Å². The Labute approximate surface area is 394 Å². The molecule has 3 atom stereocenters. The molecule has 0 saturated heterocycles. The summed E-state index contributed by atoms with van der Waals surface area (Å²) in [5.74, 6) is -2.42. The minimum atomic E-state index is -4.78. The van der Waals surface area contributed by atoms with Crippen LogP contribution in [-0.2, 0) is 32.7 Å². The maximum atomic E-state index is 12.4. The lowest BCUT2D eigenvalue weighted by atomic mass is 10.1. The summed E-state index contributed by atoms with van der Waals surface area (Å²) in [7, 11) is -4.78. The van der Waals surface area contributed by atoms with Crippen LogP contribution in [0.3, 0.4) is 0 Å². The van der Waals surface area contributed by atoms with Gasteiger partial charge >= 0.3 is 19.8 Å². The van der Waals surface area contributed by atoms with Crippen molar-refractivity contribution in [2.75, 3.05) is 19.8 Å². The Balaban J connectivity index is 3.92. The van der Waals surface area contributed by atoms with Gasteiger partial charge in [-0.25, -0.2) is 9.36 Å². The quantitative estimate of drug-likeness (QED) is 0.0199. The summed E-state index contributed by atoms with van der Waals surface area (Å²) in [6, 6.07) is -1.57. The Morgan fingerprint density at radius 2 is 0.892 bits per heavy atom. The van der Waals surface area contributed by atoms with Crippen LogP contribution in [0.5, 0.6) is 0 Å². The Morgan fingerprint density at radius 3 is 1.35 bits per heavy atom. The highest BCUT2D eigenvalue weighted by Crippen LogP contribution is 2.43. The number of ether oxygens (including phenoxy) is 1. The monoisotopic (exact) mass is 932 g/mol. The highest BCUT2D eigenvalue weighted by molar-refractivity contribution is 7.47. The van der Waals surface area contributed by atoms with Gasteiger partial charge in [0.1, 0.15) is 12.7 Å². The second-order valence-corrected chi connectivity index (χ2v) is 18.1. The second kappa shape index (κ2) is 47.2. The average Bonchev–Trinajstić information content (AvgIpc) is 3.28. The van der Waals surface area contributed by atoms with Gasteiger partial charge in [0.05, 0.1) is 13.2 Å². The number of aliphatic carboxylic acids is 1. The van der Waals surface area contributed by atoms with Gasteiger partial charge in [-0.2, -0.15) is 0 Å². The van der Waals surface area contributed by atoms with Crippen molar-refractivity contribution in [1.82, 2.24) is 5.32 Å². The molecular weight excluding hydrogens is 842 g/mol. The molecule has 0 spiro atoms. The van der Waals surface area contributed by atoms with E-state index in [0.29, 0.717) is 12.8 Å². The van der Waals surface area contributed by atoms with Gasteiger partial charge in [-0.15, -0.1) is 0 Å². The maximum Gasteiger partial charge on any atom is 0.472 e. The van der Waals surface area contributed by atoms with Gasteiger partial charge in [0.25, 0.3) is 0 Å². The van der Waals surface area contributed by atoms with Crippen molar-refractivity contribution in [1.29, 1.82) is 0 Å². The van der Waals surface area contributed by atoms with E-state index in [2.05, 4.69) is 104 Å². The van der Waals surface area contributed by atoms with Crippen LogP contribution in [0.15, 0.2) is 85.1 Å². The van der Waals surface area contributed by atoms with Gasteiger partial charge in [0.15, 0.2) is 6.04 Å². The van der Waals surface area contributed by atoms with E-state index in [1.54, 1.807) is 0 Å². The normalized spacial score (nSPS) is 14.3. The van der Waals surface area contributed by atoms with Gasteiger partial charge in [0.2, 0.25) is 5.91 Å². The SMILES string of the molecule is CC/C=C\C/C=C\C/C=C\C/C=C\C/C=C\C/C=C\CCCCCCC(=O)NC(COP(=O)(O)OCC(O)COC(=O)CCCCCCCCC/C=C\CCCCCCCCC)C(=O)O. The second-order valence-electron chi connectivity index (χ2n) is 16.6. The molecule has 0 heterocycles. The fourth-order valence-electron chi connectivity index (χ4n) is 6.55. The van der Waals surface area contributed by atoms with Crippen LogP contribution >= 0.6 is 7.82 Å². The van der Waals surface area contributed by atoms with E-state index in [1.807, 2.05) is 0 Å². The Hall–Kier alpha value is -3.34. The van der Waals surface area contributed by atoms with Crippen molar-refractivity contribution < 1.29 is 47.8 Å². The number of amides is 1. The molecule has 12 heteroatoms. The predicted octanol–water partition coefficient (Wildman–Crippen LogP) is 13.8. The first-order chi connectivity index (χ1) is 31.6. The van der Waals surface area contributed by atoms with E-state index in [-0.39, 0.29) is 12.8 Å². The highest BCUT2D eigenvalue weighted by Gasteiger charge is 2.28. The molecular formula is C53H90NO10P. The van der Waals surface area contributed by atoms with Crippen LogP contribution in [0.1, 0.15) is 200 Å². The Morgan fingerprint density at radius 1 is 0.508 bits per heavy atom. The minimum Gasteiger partial charge on any atom is -0.480 e. The summed E-state index contributed by atoms with van der Waals surface area (Å²) in [4.78, 5) is 46.1. The largest absolute Gasteiger partial charge is 0.480 e. The van der Waals surface area contributed by atoms with Crippen molar-refractivity contribution >= 4 is 25.7 Å². The number of rotatable bonds is 46. The van der Waals surface area contributed by atoms with Gasteiger partial charge in [-0.05, 0) is 89.9 Å². The summed E-state index contributed by atoms with van der Waals surface area (Å²) < 4.78 is 26.9. The first kappa shape index (κ1) is 61.7. The Kier molecular flexibility index (Phi) is 44.7. The zero-order valence-electron chi connectivity index (χ0n) is 40.5. The summed E-state index contributed by atoms with van der Waals surface area (Å²) in [5.41, 5.74) is 0. The zero-order chi connectivity index (χ0) is 47.7. The van der Waals surface area contributed by atoms with Gasteiger partial charge < -0.3 is 25.2 Å². The molecule has 0 aromatic carbocycles. The molecule has 0 aromatic rings. The molecule has 0 aliphatic heterocycles. The number of hydrogen-bond donors (Lipinski definition) is 4. The highest BCUT2D eigenvalue weighted by atomic mass is 31.2. The fraction of sp³-hybridized carbons (Fsp3) is 0.679. The lowest BCUT2D eigenvalue weighted by Crippen LogP contribution is -2.43. The molecule has 0 fully saturated rings. The number of carboxylic acids is 1. The molecule has 0 aliphatic carbocycles. The van der Waals surface area contributed by atoms with Crippen molar-refractivity contribution in [2.24, 2.45) is 0 Å². The molecule has 1 amide bonds. The third-order valence-corrected chi connectivity index (χ3v) is 11.4. The molecule has 0 aliphatic rings. The molecule has 4 N–H and O–H groups in total. The number of unbranched alkanes of at least 4 members (excludes halogenated alkanes) is 18. The summed E-state index contributed by atoms with van der Waals surface area (Å²) >= 11 is 0. The number of aliphatic hydroxyl groups excluding tert-OH is 1. The number of hydrogen-bond acceptors (Lipinski definition) is 8. The molecule has 11 nitrogen and oxygen atoms in total. The average molecular weight is 932 g/mol. The van der Waals surface area contributed by atoms with Gasteiger partial charge in [-0.1, -0.05) is 182 Å². The predicted molar refractivity (Wildman–Crippen MR) is 267 cm³/mol. The lowest BCUT2D eigenvalue weighted by molar-refractivity contribution is -0.147. The van der Waals surface area contributed by atoms with Crippen LogP contribution in [0.4, 0.5) is 0 Å². The number of aliphatic hydroxyl groups is 1. The summed E-state index contributed by atoms with van der Waals surface area (Å²) in [6.45, 7) is 2.46. The molecule has 0 rings (SSSR count).